The lowest BCUT2D eigenvalue weighted by atomic mass is 10.2. The van der Waals surface area contributed by atoms with Crippen molar-refractivity contribution in [1.29, 1.82) is 0 Å². The summed E-state index contributed by atoms with van der Waals surface area (Å²) in [6.07, 6.45) is 2.13. The van der Waals surface area contributed by atoms with Crippen LogP contribution in [-0.4, -0.2) is 19.0 Å². The maximum absolute atomic E-state index is 11.5. The van der Waals surface area contributed by atoms with Gasteiger partial charge in [-0.1, -0.05) is 29.3 Å². The third-order valence-corrected chi connectivity index (χ3v) is 2.97. The molecule has 1 aromatic carbocycles. The molecule has 94 valence electrons. The van der Waals surface area contributed by atoms with E-state index in [9.17, 15) is 4.79 Å². The highest BCUT2D eigenvalue weighted by Crippen LogP contribution is 2.19. The molecule has 1 rings (SSSR count). The predicted octanol–water partition coefficient (Wildman–Crippen LogP) is 3.09. The molecule has 0 fully saturated rings. The molecule has 0 spiro atoms. The van der Waals surface area contributed by atoms with Crippen LogP contribution in [0.15, 0.2) is 22.7 Å². The zero-order valence-electron chi connectivity index (χ0n) is 10.3. The van der Waals surface area contributed by atoms with Gasteiger partial charge < -0.3 is 10.6 Å². The molecule has 3 nitrogen and oxygen atoms in total. The minimum absolute atomic E-state index is 0.0424. The van der Waals surface area contributed by atoms with Crippen LogP contribution in [0.3, 0.4) is 0 Å². The summed E-state index contributed by atoms with van der Waals surface area (Å²) in [7, 11) is 0. The van der Waals surface area contributed by atoms with Gasteiger partial charge in [0.2, 0.25) is 5.91 Å². The molecule has 1 aromatic rings. The van der Waals surface area contributed by atoms with Crippen molar-refractivity contribution in [2.75, 3.05) is 18.4 Å². The largest absolute Gasteiger partial charge is 0.376 e. The molecule has 0 heterocycles. The van der Waals surface area contributed by atoms with Gasteiger partial charge in [0.15, 0.2) is 0 Å². The van der Waals surface area contributed by atoms with Crippen LogP contribution in [0.25, 0.3) is 0 Å². The van der Waals surface area contributed by atoms with Crippen molar-refractivity contribution in [2.45, 2.75) is 26.7 Å². The fourth-order valence-electron chi connectivity index (χ4n) is 1.47. The Morgan fingerprint density at radius 3 is 2.82 bits per heavy atom. The number of halogens is 1. The lowest BCUT2D eigenvalue weighted by Gasteiger charge is -2.10. The van der Waals surface area contributed by atoms with Crippen LogP contribution in [0.2, 0.25) is 0 Å². The zero-order valence-corrected chi connectivity index (χ0v) is 11.9. The van der Waals surface area contributed by atoms with Gasteiger partial charge in [-0.2, -0.15) is 0 Å². The van der Waals surface area contributed by atoms with Crippen LogP contribution < -0.4 is 10.6 Å². The number of unbranched alkanes of at least 4 members (excludes halogenated alkanes) is 1. The van der Waals surface area contributed by atoms with Gasteiger partial charge in [0.25, 0.3) is 0 Å². The average Bonchev–Trinajstić information content (AvgIpc) is 2.28. The Kier molecular flexibility index (Phi) is 6.05. The highest BCUT2D eigenvalue weighted by molar-refractivity contribution is 9.10. The van der Waals surface area contributed by atoms with E-state index in [1.54, 1.807) is 0 Å². The van der Waals surface area contributed by atoms with Crippen molar-refractivity contribution in [1.82, 2.24) is 5.32 Å². The van der Waals surface area contributed by atoms with Crippen molar-refractivity contribution in [3.63, 3.8) is 0 Å². The lowest BCUT2D eigenvalue weighted by molar-refractivity contribution is -0.119. The molecule has 0 radical (unpaired) electrons. The van der Waals surface area contributed by atoms with Crippen LogP contribution in [-0.2, 0) is 4.79 Å². The van der Waals surface area contributed by atoms with Crippen molar-refractivity contribution in [3.05, 3.63) is 28.2 Å². The van der Waals surface area contributed by atoms with Crippen LogP contribution in [0.4, 0.5) is 5.69 Å². The van der Waals surface area contributed by atoms with Gasteiger partial charge in [-0.25, -0.2) is 0 Å². The Labute approximate surface area is 111 Å². The van der Waals surface area contributed by atoms with Gasteiger partial charge in [-0.3, -0.25) is 4.79 Å². The summed E-state index contributed by atoms with van der Waals surface area (Å²) >= 11 is 3.41. The summed E-state index contributed by atoms with van der Waals surface area (Å²) in [4.78, 5) is 11.5. The summed E-state index contributed by atoms with van der Waals surface area (Å²) < 4.78 is 1.05. The number of benzene rings is 1. The van der Waals surface area contributed by atoms with Gasteiger partial charge in [0.05, 0.1) is 6.54 Å². The molecule has 0 aliphatic carbocycles. The molecule has 0 atom stereocenters. The molecule has 0 aliphatic rings. The Balaban J connectivity index is 2.37. The highest BCUT2D eigenvalue weighted by Gasteiger charge is 2.02. The van der Waals surface area contributed by atoms with Crippen LogP contribution in [0.1, 0.15) is 25.3 Å². The highest BCUT2D eigenvalue weighted by atomic mass is 79.9. The number of carbonyl (C=O) groups excluding carboxylic acids is 1. The maximum atomic E-state index is 11.5. The number of rotatable bonds is 6. The molecular weight excluding hydrogens is 280 g/mol. The second-order valence-corrected chi connectivity index (χ2v) is 4.93. The van der Waals surface area contributed by atoms with Gasteiger partial charge in [-0.05, 0) is 37.1 Å². The van der Waals surface area contributed by atoms with Crippen LogP contribution >= 0.6 is 15.9 Å². The Morgan fingerprint density at radius 1 is 1.41 bits per heavy atom. The Bertz CT molecular complexity index is 380. The summed E-state index contributed by atoms with van der Waals surface area (Å²) in [6, 6.07) is 5.96. The number of carbonyl (C=O) groups is 1. The van der Waals surface area contributed by atoms with Crippen molar-refractivity contribution in [2.24, 2.45) is 0 Å². The molecule has 0 bridgehead atoms. The summed E-state index contributed by atoms with van der Waals surface area (Å²) in [6.45, 7) is 5.21. The zero-order chi connectivity index (χ0) is 12.7. The molecular formula is C13H19BrN2O. The predicted molar refractivity (Wildman–Crippen MR) is 75.3 cm³/mol. The first-order valence-corrected chi connectivity index (χ1v) is 6.69. The normalized spacial score (nSPS) is 10.1. The van der Waals surface area contributed by atoms with Gasteiger partial charge in [0, 0.05) is 16.7 Å². The number of nitrogens with one attached hydrogen (secondary N) is 2. The van der Waals surface area contributed by atoms with Gasteiger partial charge >= 0.3 is 0 Å². The number of anilines is 1. The quantitative estimate of drug-likeness (QED) is 0.793. The van der Waals surface area contributed by atoms with E-state index in [-0.39, 0.29) is 5.91 Å². The maximum Gasteiger partial charge on any atom is 0.239 e. The Morgan fingerprint density at radius 2 is 2.18 bits per heavy atom. The van der Waals surface area contributed by atoms with Crippen LogP contribution in [0.5, 0.6) is 0 Å². The van der Waals surface area contributed by atoms with E-state index in [0.29, 0.717) is 6.54 Å². The van der Waals surface area contributed by atoms with Gasteiger partial charge in [0.1, 0.15) is 0 Å². The molecule has 0 aliphatic heterocycles. The lowest BCUT2D eigenvalue weighted by Crippen LogP contribution is -2.30. The first-order valence-electron chi connectivity index (χ1n) is 5.90. The number of hydrogen-bond donors (Lipinski definition) is 2. The number of hydrogen-bond acceptors (Lipinski definition) is 2. The first-order chi connectivity index (χ1) is 8.13. The molecule has 0 unspecified atom stereocenters. The minimum atomic E-state index is 0.0424. The fourth-order valence-corrected chi connectivity index (χ4v) is 1.94. The SMILES string of the molecule is CCCCNC(=O)CNc1ccc(Br)cc1C. The van der Waals surface area contributed by atoms with E-state index in [1.807, 2.05) is 25.1 Å². The molecule has 2 N–H and O–H groups in total. The number of aryl methyl sites for hydroxylation is 1. The monoisotopic (exact) mass is 298 g/mol. The second kappa shape index (κ2) is 7.33. The van der Waals surface area contributed by atoms with Crippen molar-refractivity contribution >= 4 is 27.5 Å². The topological polar surface area (TPSA) is 41.1 Å². The van der Waals surface area contributed by atoms with Crippen LogP contribution in [0, 0.1) is 6.92 Å². The fraction of sp³-hybridized carbons (Fsp3) is 0.462. The standard InChI is InChI=1S/C13H19BrN2O/c1-3-4-7-15-13(17)9-16-12-6-5-11(14)8-10(12)2/h5-6,8,16H,3-4,7,9H2,1-2H3,(H,15,17). The van der Waals surface area contributed by atoms with E-state index < -0.39 is 0 Å². The van der Waals surface area contributed by atoms with E-state index in [4.69, 9.17) is 0 Å². The molecule has 1 amide bonds. The average molecular weight is 299 g/mol. The summed E-state index contributed by atoms with van der Waals surface area (Å²) in [5.74, 6) is 0.0424. The minimum Gasteiger partial charge on any atom is -0.376 e. The van der Waals surface area contributed by atoms with E-state index in [1.165, 1.54) is 0 Å². The third kappa shape index (κ3) is 5.22. The third-order valence-electron chi connectivity index (χ3n) is 2.48. The van der Waals surface area contributed by atoms with Crippen molar-refractivity contribution < 1.29 is 4.79 Å². The van der Waals surface area contributed by atoms with Crippen molar-refractivity contribution in [3.8, 4) is 0 Å². The molecule has 17 heavy (non-hydrogen) atoms. The van der Waals surface area contributed by atoms with Gasteiger partial charge in [-0.15, -0.1) is 0 Å². The Hall–Kier alpha value is -1.03. The van der Waals surface area contributed by atoms with E-state index >= 15 is 0 Å². The molecule has 0 saturated heterocycles. The second-order valence-electron chi connectivity index (χ2n) is 4.02. The molecule has 0 aromatic heterocycles. The van der Waals surface area contributed by atoms with E-state index in [0.717, 1.165) is 35.1 Å². The summed E-state index contributed by atoms with van der Waals surface area (Å²) in [5.41, 5.74) is 2.12. The number of amides is 1. The van der Waals surface area contributed by atoms with E-state index in [2.05, 4.69) is 33.5 Å². The first kappa shape index (κ1) is 14.0. The summed E-state index contributed by atoms with van der Waals surface area (Å²) in [5, 5.41) is 6.01. The molecule has 0 saturated carbocycles. The molecule has 4 heteroatoms. The smallest absolute Gasteiger partial charge is 0.239 e.